The largest absolute Gasteiger partial charge is 0.497 e. The Hall–Kier alpha value is -3.35. The standard InChI is InChI=1S/C28H29ClN4O2/c1-35-24-13-11-20(12-14-24)17-33-26-10-3-2-9-25(26)31-27(33)19-32-15-5-6-21(18-32)28(34)30-23-8-4-7-22(29)16-23/h2-4,7-14,16,21H,5-6,15,17-19H2,1H3,(H,30,34)/t21-/m1/s1. The number of piperidine rings is 1. The van der Waals surface area contributed by atoms with Crippen LogP contribution >= 0.6 is 11.6 Å². The minimum atomic E-state index is -0.0675. The molecule has 1 N–H and O–H groups in total. The van der Waals surface area contributed by atoms with Gasteiger partial charge in [0, 0.05) is 23.8 Å². The van der Waals surface area contributed by atoms with E-state index >= 15 is 0 Å². The summed E-state index contributed by atoms with van der Waals surface area (Å²) >= 11 is 6.07. The second kappa shape index (κ2) is 10.5. The summed E-state index contributed by atoms with van der Waals surface area (Å²) in [6, 6.07) is 23.7. The summed E-state index contributed by atoms with van der Waals surface area (Å²) in [4.78, 5) is 20.3. The van der Waals surface area contributed by atoms with Crippen LogP contribution in [-0.4, -0.2) is 40.6 Å². The normalized spacial score (nSPS) is 16.3. The molecule has 0 aliphatic carbocycles. The number of imidazole rings is 1. The zero-order valence-electron chi connectivity index (χ0n) is 19.8. The molecule has 35 heavy (non-hydrogen) atoms. The minimum Gasteiger partial charge on any atom is -0.497 e. The van der Waals surface area contributed by atoms with Gasteiger partial charge in [-0.05, 0) is 67.4 Å². The molecule has 1 aliphatic rings. The van der Waals surface area contributed by atoms with Gasteiger partial charge in [-0.25, -0.2) is 4.98 Å². The van der Waals surface area contributed by atoms with Crippen LogP contribution < -0.4 is 10.1 Å². The Bertz CT molecular complexity index is 1320. The zero-order valence-corrected chi connectivity index (χ0v) is 20.5. The van der Waals surface area contributed by atoms with Gasteiger partial charge in [-0.3, -0.25) is 9.69 Å². The van der Waals surface area contributed by atoms with Crippen molar-refractivity contribution in [3.8, 4) is 5.75 Å². The number of anilines is 1. The summed E-state index contributed by atoms with van der Waals surface area (Å²) in [5, 5.41) is 3.65. The molecule has 4 aromatic rings. The molecule has 1 amide bonds. The highest BCUT2D eigenvalue weighted by atomic mass is 35.5. The molecule has 0 spiro atoms. The Kier molecular flexibility index (Phi) is 7.02. The van der Waals surface area contributed by atoms with Gasteiger partial charge in [-0.2, -0.15) is 0 Å². The molecular weight excluding hydrogens is 460 g/mol. The van der Waals surface area contributed by atoms with E-state index in [0.29, 0.717) is 18.1 Å². The van der Waals surface area contributed by atoms with Crippen molar-refractivity contribution in [3.63, 3.8) is 0 Å². The molecule has 2 heterocycles. The lowest BCUT2D eigenvalue weighted by Gasteiger charge is -2.31. The Morgan fingerprint density at radius 1 is 1.09 bits per heavy atom. The summed E-state index contributed by atoms with van der Waals surface area (Å²) in [6.07, 6.45) is 1.86. The molecular formula is C28H29ClN4O2. The first-order valence-corrected chi connectivity index (χ1v) is 12.3. The number of amides is 1. The number of nitrogens with one attached hydrogen (secondary N) is 1. The van der Waals surface area contributed by atoms with Gasteiger partial charge in [0.2, 0.25) is 5.91 Å². The third-order valence-corrected chi connectivity index (χ3v) is 6.80. The van der Waals surface area contributed by atoms with Crippen LogP contribution in [0.3, 0.4) is 0 Å². The topological polar surface area (TPSA) is 59.4 Å². The third kappa shape index (κ3) is 5.50. The first-order chi connectivity index (χ1) is 17.1. The molecule has 1 atom stereocenters. The van der Waals surface area contributed by atoms with Crippen LogP contribution in [0, 0.1) is 5.92 Å². The minimum absolute atomic E-state index is 0.0451. The van der Waals surface area contributed by atoms with Gasteiger partial charge in [0.05, 0.1) is 30.6 Å². The van der Waals surface area contributed by atoms with Crippen molar-refractivity contribution in [1.82, 2.24) is 14.5 Å². The smallest absolute Gasteiger partial charge is 0.228 e. The van der Waals surface area contributed by atoms with Crippen LogP contribution in [0.1, 0.15) is 24.2 Å². The van der Waals surface area contributed by atoms with Gasteiger partial charge in [0.25, 0.3) is 0 Å². The summed E-state index contributed by atoms with van der Waals surface area (Å²) in [5.74, 6) is 1.84. The van der Waals surface area contributed by atoms with Crippen molar-refractivity contribution >= 4 is 34.2 Å². The first kappa shape index (κ1) is 23.4. The number of ether oxygens (including phenoxy) is 1. The highest BCUT2D eigenvalue weighted by Crippen LogP contribution is 2.24. The number of likely N-dealkylation sites (tertiary alicyclic amines) is 1. The average Bonchev–Trinajstić information content (AvgIpc) is 3.21. The highest BCUT2D eigenvalue weighted by Gasteiger charge is 2.27. The maximum absolute atomic E-state index is 13.0. The van der Waals surface area contributed by atoms with E-state index in [2.05, 4.69) is 45.1 Å². The van der Waals surface area contributed by atoms with Crippen LogP contribution in [0.25, 0.3) is 11.0 Å². The lowest BCUT2D eigenvalue weighted by Crippen LogP contribution is -2.40. The number of nitrogens with zero attached hydrogens (tertiary/aromatic N) is 3. The molecule has 3 aromatic carbocycles. The molecule has 0 bridgehead atoms. The van der Waals surface area contributed by atoms with Gasteiger partial charge < -0.3 is 14.6 Å². The van der Waals surface area contributed by atoms with Crippen molar-refractivity contribution in [2.24, 2.45) is 5.92 Å². The zero-order chi connectivity index (χ0) is 24.2. The molecule has 0 unspecified atom stereocenters. The molecule has 1 aliphatic heterocycles. The highest BCUT2D eigenvalue weighted by molar-refractivity contribution is 6.30. The summed E-state index contributed by atoms with van der Waals surface area (Å²) < 4.78 is 7.59. The number of aromatic nitrogens is 2. The van der Waals surface area contributed by atoms with Crippen LogP contribution in [0.2, 0.25) is 5.02 Å². The maximum Gasteiger partial charge on any atom is 0.228 e. The Labute approximate surface area is 210 Å². The molecule has 1 saturated heterocycles. The van der Waals surface area contributed by atoms with E-state index in [0.717, 1.165) is 54.2 Å². The fourth-order valence-corrected chi connectivity index (χ4v) is 4.95. The number of hydrogen-bond acceptors (Lipinski definition) is 4. The average molecular weight is 489 g/mol. The Morgan fingerprint density at radius 2 is 1.91 bits per heavy atom. The third-order valence-electron chi connectivity index (χ3n) is 6.57. The maximum atomic E-state index is 13.0. The van der Waals surface area contributed by atoms with Crippen molar-refractivity contribution in [3.05, 3.63) is 89.2 Å². The quantitative estimate of drug-likeness (QED) is 0.368. The van der Waals surface area contributed by atoms with Crippen molar-refractivity contribution in [2.45, 2.75) is 25.9 Å². The molecule has 7 heteroatoms. The fraction of sp³-hybridized carbons (Fsp3) is 0.286. The fourth-order valence-electron chi connectivity index (χ4n) is 4.76. The van der Waals surface area contributed by atoms with Crippen molar-refractivity contribution < 1.29 is 9.53 Å². The van der Waals surface area contributed by atoms with Gasteiger partial charge in [-0.1, -0.05) is 41.9 Å². The van der Waals surface area contributed by atoms with Crippen LogP contribution in [0.5, 0.6) is 5.75 Å². The van der Waals surface area contributed by atoms with Crippen LogP contribution in [0.4, 0.5) is 5.69 Å². The lowest BCUT2D eigenvalue weighted by molar-refractivity contribution is -0.121. The molecule has 0 saturated carbocycles. The number of halogens is 1. The molecule has 0 radical (unpaired) electrons. The predicted octanol–water partition coefficient (Wildman–Crippen LogP) is 5.60. The van der Waals surface area contributed by atoms with E-state index < -0.39 is 0 Å². The number of fused-ring (bicyclic) bond motifs is 1. The van der Waals surface area contributed by atoms with Crippen molar-refractivity contribution in [1.29, 1.82) is 0 Å². The molecule has 1 fully saturated rings. The summed E-state index contributed by atoms with van der Waals surface area (Å²) in [7, 11) is 1.68. The first-order valence-electron chi connectivity index (χ1n) is 11.9. The van der Waals surface area contributed by atoms with Gasteiger partial charge >= 0.3 is 0 Å². The SMILES string of the molecule is COc1ccc(Cn2c(CN3CCC[C@@H](C(=O)Nc4cccc(Cl)c4)C3)nc3ccccc32)cc1. The van der Waals surface area contributed by atoms with Crippen LogP contribution in [0.15, 0.2) is 72.8 Å². The van der Waals surface area contributed by atoms with E-state index in [9.17, 15) is 4.79 Å². The summed E-state index contributed by atoms with van der Waals surface area (Å²) in [6.45, 7) is 3.09. The van der Waals surface area contributed by atoms with Gasteiger partial charge in [-0.15, -0.1) is 0 Å². The molecule has 5 rings (SSSR count). The van der Waals surface area contributed by atoms with Crippen molar-refractivity contribution in [2.75, 3.05) is 25.5 Å². The Morgan fingerprint density at radius 3 is 2.71 bits per heavy atom. The number of carbonyl (C=O) groups excluding carboxylic acids is 1. The molecule has 180 valence electrons. The Balaban J connectivity index is 1.33. The number of benzene rings is 3. The second-order valence-corrected chi connectivity index (χ2v) is 9.46. The number of para-hydroxylation sites is 2. The number of methoxy groups -OCH3 is 1. The second-order valence-electron chi connectivity index (χ2n) is 9.02. The lowest BCUT2D eigenvalue weighted by atomic mass is 9.97. The van der Waals surface area contributed by atoms with E-state index in [1.165, 1.54) is 5.56 Å². The predicted molar refractivity (Wildman–Crippen MR) is 140 cm³/mol. The van der Waals surface area contributed by atoms with Gasteiger partial charge in [0.1, 0.15) is 11.6 Å². The summed E-state index contributed by atoms with van der Waals surface area (Å²) in [5.41, 5.74) is 4.03. The molecule has 1 aromatic heterocycles. The van der Waals surface area contributed by atoms with E-state index in [4.69, 9.17) is 21.3 Å². The van der Waals surface area contributed by atoms with E-state index in [-0.39, 0.29) is 11.8 Å². The van der Waals surface area contributed by atoms with Crippen LogP contribution in [-0.2, 0) is 17.9 Å². The molecule has 6 nitrogen and oxygen atoms in total. The monoisotopic (exact) mass is 488 g/mol. The van der Waals surface area contributed by atoms with E-state index in [1.807, 2.05) is 30.3 Å². The van der Waals surface area contributed by atoms with E-state index in [1.54, 1.807) is 19.2 Å². The number of hydrogen-bond donors (Lipinski definition) is 1. The van der Waals surface area contributed by atoms with Gasteiger partial charge in [0.15, 0.2) is 0 Å². The number of rotatable bonds is 7. The number of carbonyl (C=O) groups is 1.